The molecule has 0 radical (unpaired) electrons. The van der Waals surface area contributed by atoms with Gasteiger partial charge in [-0.2, -0.15) is 5.10 Å². The molecule has 0 saturated heterocycles. The van der Waals surface area contributed by atoms with Crippen LogP contribution in [0.15, 0.2) is 48.8 Å². The highest BCUT2D eigenvalue weighted by Gasteiger charge is 2.14. The van der Waals surface area contributed by atoms with E-state index in [-0.39, 0.29) is 12.1 Å². The smallest absolute Gasteiger partial charge is 0.141 e. The number of nitrogens with one attached hydrogen (secondary N) is 2. The van der Waals surface area contributed by atoms with Gasteiger partial charge >= 0.3 is 0 Å². The quantitative estimate of drug-likeness (QED) is 0.761. The van der Waals surface area contributed by atoms with Crippen molar-refractivity contribution in [3.63, 3.8) is 0 Å². The summed E-state index contributed by atoms with van der Waals surface area (Å²) in [5, 5.41) is 12.9. The van der Waals surface area contributed by atoms with Crippen molar-refractivity contribution in [3.8, 4) is 0 Å². The van der Waals surface area contributed by atoms with Crippen LogP contribution >= 0.6 is 0 Å². The molecule has 0 amide bonds. The van der Waals surface area contributed by atoms with Crippen LogP contribution in [0.5, 0.6) is 0 Å². The van der Waals surface area contributed by atoms with Crippen molar-refractivity contribution in [1.29, 1.82) is 0 Å². The van der Waals surface area contributed by atoms with Gasteiger partial charge in [-0.25, -0.2) is 4.98 Å². The van der Waals surface area contributed by atoms with Crippen LogP contribution in [0.3, 0.4) is 0 Å². The maximum Gasteiger partial charge on any atom is 0.141 e. The van der Waals surface area contributed by atoms with Gasteiger partial charge in [0.15, 0.2) is 0 Å². The van der Waals surface area contributed by atoms with E-state index in [1.165, 1.54) is 22.7 Å². The molecule has 0 aliphatic heterocycles. The summed E-state index contributed by atoms with van der Waals surface area (Å²) in [6, 6.07) is 15.3. The predicted octanol–water partition coefficient (Wildman–Crippen LogP) is 3.37. The average Bonchev–Trinajstić information content (AvgIpc) is 3.01. The summed E-state index contributed by atoms with van der Waals surface area (Å²) in [5.74, 6) is 0.858. The third-order valence-corrected chi connectivity index (χ3v) is 3.63. The maximum absolute atomic E-state index is 4.20. The van der Waals surface area contributed by atoms with E-state index in [0.29, 0.717) is 0 Å². The fourth-order valence-electron chi connectivity index (χ4n) is 2.60. The Morgan fingerprint density at radius 1 is 1.00 bits per heavy atom. The van der Waals surface area contributed by atoms with Crippen LogP contribution < -0.4 is 5.32 Å². The molecule has 0 aliphatic carbocycles. The van der Waals surface area contributed by atoms with Crippen molar-refractivity contribution >= 4 is 10.8 Å². The minimum Gasteiger partial charge on any atom is -0.301 e. The van der Waals surface area contributed by atoms with Crippen molar-refractivity contribution in [2.45, 2.75) is 25.9 Å². The highest BCUT2D eigenvalue weighted by molar-refractivity contribution is 5.86. The molecule has 2 unspecified atom stereocenters. The first-order valence-corrected chi connectivity index (χ1v) is 6.84. The van der Waals surface area contributed by atoms with E-state index in [0.717, 1.165) is 5.82 Å². The zero-order chi connectivity index (χ0) is 13.9. The van der Waals surface area contributed by atoms with E-state index in [4.69, 9.17) is 0 Å². The Hall–Kier alpha value is -2.20. The van der Waals surface area contributed by atoms with Crippen LogP contribution in [0.4, 0.5) is 0 Å². The SMILES string of the molecule is CC(NC(C)c1cccc2ccccc12)c1ncn[nH]1. The Kier molecular flexibility index (Phi) is 3.48. The molecule has 2 N–H and O–H groups in total. The number of H-pyrrole nitrogens is 1. The van der Waals surface area contributed by atoms with Crippen molar-refractivity contribution < 1.29 is 0 Å². The second-order valence-corrected chi connectivity index (χ2v) is 5.05. The molecule has 0 bridgehead atoms. The van der Waals surface area contributed by atoms with Gasteiger partial charge in [0.05, 0.1) is 6.04 Å². The fourth-order valence-corrected chi connectivity index (χ4v) is 2.60. The lowest BCUT2D eigenvalue weighted by atomic mass is 9.99. The van der Waals surface area contributed by atoms with Crippen molar-refractivity contribution in [2.24, 2.45) is 0 Å². The third-order valence-electron chi connectivity index (χ3n) is 3.63. The molecule has 0 fully saturated rings. The summed E-state index contributed by atoms with van der Waals surface area (Å²) >= 11 is 0. The molecule has 4 heteroatoms. The number of hydrogen-bond acceptors (Lipinski definition) is 3. The molecule has 0 spiro atoms. The number of nitrogens with zero attached hydrogens (tertiary/aromatic N) is 2. The maximum atomic E-state index is 4.20. The molecule has 3 rings (SSSR count). The lowest BCUT2D eigenvalue weighted by molar-refractivity contribution is 0.479. The highest BCUT2D eigenvalue weighted by Crippen LogP contribution is 2.25. The molecule has 102 valence electrons. The average molecular weight is 266 g/mol. The lowest BCUT2D eigenvalue weighted by Gasteiger charge is -2.20. The van der Waals surface area contributed by atoms with Crippen molar-refractivity contribution in [2.75, 3.05) is 0 Å². The molecule has 3 aromatic rings. The van der Waals surface area contributed by atoms with Crippen LogP contribution in [0, 0.1) is 0 Å². The van der Waals surface area contributed by atoms with Gasteiger partial charge in [-0.1, -0.05) is 42.5 Å². The first-order valence-electron chi connectivity index (χ1n) is 6.84. The van der Waals surface area contributed by atoms with Crippen LogP contribution in [0.1, 0.15) is 37.3 Å². The van der Waals surface area contributed by atoms with E-state index < -0.39 is 0 Å². The number of aromatic amines is 1. The van der Waals surface area contributed by atoms with E-state index in [1.54, 1.807) is 0 Å². The monoisotopic (exact) mass is 266 g/mol. The topological polar surface area (TPSA) is 53.6 Å². The number of aromatic nitrogens is 3. The van der Waals surface area contributed by atoms with E-state index in [1.807, 2.05) is 0 Å². The largest absolute Gasteiger partial charge is 0.301 e. The van der Waals surface area contributed by atoms with Gasteiger partial charge in [-0.3, -0.25) is 5.10 Å². The van der Waals surface area contributed by atoms with Gasteiger partial charge in [0.25, 0.3) is 0 Å². The fraction of sp³-hybridized carbons (Fsp3) is 0.250. The molecule has 1 aromatic heterocycles. The van der Waals surface area contributed by atoms with Crippen LogP contribution in [-0.2, 0) is 0 Å². The summed E-state index contributed by atoms with van der Waals surface area (Å²) in [4.78, 5) is 4.20. The van der Waals surface area contributed by atoms with Crippen molar-refractivity contribution in [1.82, 2.24) is 20.5 Å². The Bertz CT molecular complexity index is 685. The zero-order valence-electron chi connectivity index (χ0n) is 11.7. The van der Waals surface area contributed by atoms with Gasteiger partial charge < -0.3 is 5.32 Å². The molecule has 4 nitrogen and oxygen atoms in total. The van der Waals surface area contributed by atoms with Gasteiger partial charge in [0.1, 0.15) is 12.2 Å². The standard InChI is InChI=1S/C16H18N4/c1-11(19-12(2)16-17-10-18-20-16)14-9-5-7-13-6-3-4-8-15(13)14/h3-12,19H,1-2H3,(H,17,18,20). The van der Waals surface area contributed by atoms with E-state index in [9.17, 15) is 0 Å². The van der Waals surface area contributed by atoms with E-state index in [2.05, 4.69) is 76.8 Å². The Labute approximate surface area is 118 Å². The summed E-state index contributed by atoms with van der Waals surface area (Å²) in [6.45, 7) is 4.26. The third kappa shape index (κ3) is 2.42. The van der Waals surface area contributed by atoms with E-state index >= 15 is 0 Å². The summed E-state index contributed by atoms with van der Waals surface area (Å²) in [6.07, 6.45) is 1.54. The molecule has 1 heterocycles. The van der Waals surface area contributed by atoms with Gasteiger partial charge in [-0.15, -0.1) is 0 Å². The predicted molar refractivity (Wildman–Crippen MR) is 80.3 cm³/mol. The second kappa shape index (κ2) is 5.43. The molecule has 2 aromatic carbocycles. The first-order chi connectivity index (χ1) is 9.75. The van der Waals surface area contributed by atoms with Crippen LogP contribution in [0.2, 0.25) is 0 Å². The molecular formula is C16H18N4. The molecule has 0 saturated carbocycles. The Morgan fingerprint density at radius 2 is 1.80 bits per heavy atom. The summed E-state index contributed by atoms with van der Waals surface area (Å²) in [7, 11) is 0. The van der Waals surface area contributed by atoms with Crippen LogP contribution in [-0.4, -0.2) is 15.2 Å². The highest BCUT2D eigenvalue weighted by atomic mass is 15.2. The Balaban J connectivity index is 1.87. The van der Waals surface area contributed by atoms with Gasteiger partial charge in [-0.05, 0) is 30.2 Å². The van der Waals surface area contributed by atoms with Crippen molar-refractivity contribution in [3.05, 3.63) is 60.2 Å². The number of hydrogen-bond donors (Lipinski definition) is 2. The number of rotatable bonds is 4. The normalized spacial score (nSPS) is 14.3. The molecule has 0 aliphatic rings. The first kappa shape index (κ1) is 12.8. The molecule has 20 heavy (non-hydrogen) atoms. The molecule has 2 atom stereocenters. The minimum atomic E-state index is 0.131. The lowest BCUT2D eigenvalue weighted by Crippen LogP contribution is -2.23. The zero-order valence-corrected chi connectivity index (χ0v) is 11.7. The summed E-state index contributed by atoms with van der Waals surface area (Å²) < 4.78 is 0. The van der Waals surface area contributed by atoms with Crippen LogP contribution in [0.25, 0.3) is 10.8 Å². The number of benzene rings is 2. The summed E-state index contributed by atoms with van der Waals surface area (Å²) in [5.41, 5.74) is 1.30. The van der Waals surface area contributed by atoms with Gasteiger partial charge in [0, 0.05) is 6.04 Å². The van der Waals surface area contributed by atoms with Gasteiger partial charge in [0.2, 0.25) is 0 Å². The molecular weight excluding hydrogens is 248 g/mol. The second-order valence-electron chi connectivity index (χ2n) is 5.05. The number of fused-ring (bicyclic) bond motifs is 1. The minimum absolute atomic E-state index is 0.131. The Morgan fingerprint density at radius 3 is 2.60 bits per heavy atom.